The van der Waals surface area contributed by atoms with Crippen LogP contribution in [0.4, 0.5) is 0 Å². The SMILES string of the molecule is c1ccc(-c2nc(-c3ccccc3)nc(-c3cccc(-n4c5ccccc5c5ccc6c(c7cscc7n6-c6ccccc6)c54)c3)n2)cc1. The van der Waals surface area contributed by atoms with E-state index >= 15 is 0 Å². The lowest BCUT2D eigenvalue weighted by molar-refractivity contribution is 1.07. The van der Waals surface area contributed by atoms with Crippen molar-refractivity contribution in [1.82, 2.24) is 24.1 Å². The summed E-state index contributed by atoms with van der Waals surface area (Å²) in [7, 11) is 0. The summed E-state index contributed by atoms with van der Waals surface area (Å²) >= 11 is 1.75. The van der Waals surface area contributed by atoms with E-state index in [4.69, 9.17) is 15.0 Å². The van der Waals surface area contributed by atoms with Crippen LogP contribution in [-0.2, 0) is 0 Å². The van der Waals surface area contributed by atoms with Crippen molar-refractivity contribution >= 4 is 54.9 Å². The predicted molar refractivity (Wildman–Crippen MR) is 203 cm³/mol. The summed E-state index contributed by atoms with van der Waals surface area (Å²) in [5, 5.41) is 9.50. The first kappa shape index (κ1) is 27.7. The molecule has 0 N–H and O–H groups in total. The lowest BCUT2D eigenvalue weighted by Gasteiger charge is -2.12. The molecule has 0 saturated carbocycles. The quantitative estimate of drug-likeness (QED) is 0.187. The second-order valence-corrected chi connectivity index (χ2v) is 12.9. The third-order valence-electron chi connectivity index (χ3n) is 9.28. The van der Waals surface area contributed by atoms with Crippen molar-refractivity contribution in [2.24, 2.45) is 0 Å². The molecule has 0 radical (unpaired) electrons. The normalized spacial score (nSPS) is 11.7. The highest BCUT2D eigenvalue weighted by Gasteiger charge is 2.22. The molecule has 4 aromatic heterocycles. The van der Waals surface area contributed by atoms with Crippen LogP contribution in [0.25, 0.3) is 89.2 Å². The minimum Gasteiger partial charge on any atom is -0.309 e. The van der Waals surface area contributed by atoms with Crippen LogP contribution in [0.2, 0.25) is 0 Å². The number of thiophene rings is 1. The Morgan fingerprint density at radius 2 is 0.980 bits per heavy atom. The molecule has 0 aliphatic rings. The van der Waals surface area contributed by atoms with Crippen molar-refractivity contribution in [2.45, 2.75) is 0 Å². The van der Waals surface area contributed by atoms with Crippen LogP contribution < -0.4 is 0 Å². The average molecular weight is 646 g/mol. The number of aromatic nitrogens is 5. The van der Waals surface area contributed by atoms with E-state index in [0.29, 0.717) is 17.5 Å². The number of benzene rings is 6. The van der Waals surface area contributed by atoms with Gasteiger partial charge in [-0.25, -0.2) is 15.0 Å². The summed E-state index contributed by atoms with van der Waals surface area (Å²) in [6.07, 6.45) is 0. The standard InChI is InChI=1S/C43H27N5S/c1-4-13-28(14-5-1)41-44-42(29-15-6-2-7-16-29)46-43(45-41)30-17-12-20-32(25-30)48-36-22-11-10-21-33(36)34-23-24-37-39(40(34)48)35-26-49-27-38(35)47(37)31-18-8-3-9-19-31/h1-27H. The highest BCUT2D eigenvalue weighted by molar-refractivity contribution is 7.09. The van der Waals surface area contributed by atoms with Gasteiger partial charge in [0.25, 0.3) is 0 Å². The number of hydrogen-bond acceptors (Lipinski definition) is 4. The fourth-order valence-corrected chi connectivity index (χ4v) is 7.93. The summed E-state index contributed by atoms with van der Waals surface area (Å²) < 4.78 is 4.81. The molecule has 230 valence electrons. The fraction of sp³-hybridized carbons (Fsp3) is 0. The van der Waals surface area contributed by atoms with Crippen molar-refractivity contribution in [2.75, 3.05) is 0 Å². The minimum atomic E-state index is 0.635. The molecule has 49 heavy (non-hydrogen) atoms. The first-order valence-electron chi connectivity index (χ1n) is 16.3. The molecule has 0 unspecified atom stereocenters. The van der Waals surface area contributed by atoms with Gasteiger partial charge in [0.15, 0.2) is 17.5 Å². The van der Waals surface area contributed by atoms with Crippen molar-refractivity contribution in [3.8, 4) is 45.5 Å². The summed E-state index contributed by atoms with van der Waals surface area (Å²) in [6.45, 7) is 0. The Morgan fingerprint density at radius 3 is 1.69 bits per heavy atom. The average Bonchev–Trinajstić information content (AvgIpc) is 3.87. The molecule has 10 rings (SSSR count). The summed E-state index contributed by atoms with van der Waals surface area (Å²) in [5.41, 5.74) is 9.79. The van der Waals surface area contributed by atoms with E-state index < -0.39 is 0 Å². The molecule has 4 heterocycles. The second-order valence-electron chi connectivity index (χ2n) is 12.1. The maximum Gasteiger partial charge on any atom is 0.164 e. The lowest BCUT2D eigenvalue weighted by atomic mass is 10.1. The first-order valence-corrected chi connectivity index (χ1v) is 17.2. The van der Waals surface area contributed by atoms with Crippen LogP contribution >= 0.6 is 11.3 Å². The van der Waals surface area contributed by atoms with Gasteiger partial charge in [0.05, 0.1) is 22.1 Å². The molecular weight excluding hydrogens is 619 g/mol. The van der Waals surface area contributed by atoms with E-state index in [-0.39, 0.29) is 0 Å². The van der Waals surface area contributed by atoms with Gasteiger partial charge in [-0.3, -0.25) is 0 Å². The van der Waals surface area contributed by atoms with Gasteiger partial charge < -0.3 is 9.13 Å². The minimum absolute atomic E-state index is 0.635. The number of hydrogen-bond donors (Lipinski definition) is 0. The topological polar surface area (TPSA) is 48.5 Å². The van der Waals surface area contributed by atoms with Gasteiger partial charge in [0, 0.05) is 60.4 Å². The fourth-order valence-electron chi connectivity index (χ4n) is 7.12. The molecule has 6 aromatic carbocycles. The van der Waals surface area contributed by atoms with Crippen molar-refractivity contribution in [3.05, 3.63) is 162 Å². The molecule has 0 fully saturated rings. The first-order chi connectivity index (χ1) is 24.3. The molecule has 0 atom stereocenters. The van der Waals surface area contributed by atoms with E-state index in [9.17, 15) is 0 Å². The zero-order valence-electron chi connectivity index (χ0n) is 26.2. The van der Waals surface area contributed by atoms with Crippen molar-refractivity contribution < 1.29 is 0 Å². The lowest BCUT2D eigenvalue weighted by Crippen LogP contribution is -2.01. The molecule has 5 nitrogen and oxygen atoms in total. The van der Waals surface area contributed by atoms with Crippen LogP contribution in [0.3, 0.4) is 0 Å². The molecule has 0 spiro atoms. The van der Waals surface area contributed by atoms with Crippen LogP contribution in [0.1, 0.15) is 0 Å². The Hall–Kier alpha value is -6.37. The Balaban J connectivity index is 1.24. The smallest absolute Gasteiger partial charge is 0.164 e. The Morgan fingerprint density at radius 1 is 0.388 bits per heavy atom. The van der Waals surface area contributed by atoms with E-state index in [2.05, 4.69) is 111 Å². The molecule has 0 bridgehead atoms. The molecule has 0 saturated heterocycles. The van der Waals surface area contributed by atoms with Crippen LogP contribution in [-0.4, -0.2) is 24.1 Å². The number of rotatable bonds is 5. The monoisotopic (exact) mass is 645 g/mol. The Kier molecular flexibility index (Phi) is 6.29. The molecule has 0 amide bonds. The van der Waals surface area contributed by atoms with Gasteiger partial charge in [0.2, 0.25) is 0 Å². The maximum atomic E-state index is 5.03. The van der Waals surface area contributed by atoms with Gasteiger partial charge in [-0.15, -0.1) is 11.3 Å². The van der Waals surface area contributed by atoms with Gasteiger partial charge in [-0.2, -0.15) is 0 Å². The highest BCUT2D eigenvalue weighted by Crippen LogP contribution is 2.43. The largest absolute Gasteiger partial charge is 0.309 e. The summed E-state index contributed by atoms with van der Waals surface area (Å²) in [6, 6.07) is 52.7. The van der Waals surface area contributed by atoms with E-state index in [1.54, 1.807) is 11.3 Å². The number of fused-ring (bicyclic) bond motifs is 7. The molecule has 0 aliphatic carbocycles. The molecule has 0 aliphatic heterocycles. The van der Waals surface area contributed by atoms with Crippen LogP contribution in [0, 0.1) is 0 Å². The van der Waals surface area contributed by atoms with E-state index in [0.717, 1.165) is 33.6 Å². The van der Waals surface area contributed by atoms with Crippen LogP contribution in [0.5, 0.6) is 0 Å². The Bertz CT molecular complexity index is 2760. The molecule has 6 heteroatoms. The van der Waals surface area contributed by atoms with E-state index in [1.807, 2.05) is 60.7 Å². The van der Waals surface area contributed by atoms with Gasteiger partial charge in [-0.1, -0.05) is 115 Å². The predicted octanol–water partition coefficient (Wildman–Crippen LogP) is 11.1. The number of para-hydroxylation sites is 2. The van der Waals surface area contributed by atoms with Gasteiger partial charge in [-0.05, 0) is 36.4 Å². The van der Waals surface area contributed by atoms with Crippen molar-refractivity contribution in [3.63, 3.8) is 0 Å². The zero-order chi connectivity index (χ0) is 32.3. The molecule has 10 aromatic rings. The molecular formula is C43H27N5S. The zero-order valence-corrected chi connectivity index (χ0v) is 27.0. The maximum absolute atomic E-state index is 5.03. The highest BCUT2D eigenvalue weighted by atomic mass is 32.1. The van der Waals surface area contributed by atoms with Crippen LogP contribution in [0.15, 0.2) is 162 Å². The van der Waals surface area contributed by atoms with Gasteiger partial charge in [0.1, 0.15) is 0 Å². The summed E-state index contributed by atoms with van der Waals surface area (Å²) in [4.78, 5) is 15.0. The second kappa shape index (κ2) is 11.1. The number of nitrogens with zero attached hydrogens (tertiary/aromatic N) is 5. The van der Waals surface area contributed by atoms with Crippen molar-refractivity contribution in [1.29, 1.82) is 0 Å². The third kappa shape index (κ3) is 4.42. The Labute approximate surface area is 286 Å². The summed E-state index contributed by atoms with van der Waals surface area (Å²) in [5.74, 6) is 1.93. The third-order valence-corrected chi connectivity index (χ3v) is 10.0. The van der Waals surface area contributed by atoms with E-state index in [1.165, 1.54) is 38.1 Å². The van der Waals surface area contributed by atoms with Gasteiger partial charge >= 0.3 is 0 Å².